The Hall–Kier alpha value is -3.49. The standard InChI is InChI=1S/C23H28N6O3/c1-3-8-16-9-7-10-19(25-16)26-21-20(27-28-29(21)2)18-12-11-17(15-24-18)32-23(22(30)31)13-5-4-6-14-23/h7,9-12,15H,3-6,8,13-14H2,1-2H3,(H,25,26)(H,30,31). The Labute approximate surface area is 186 Å². The fraction of sp³-hybridized carbons (Fsp3) is 0.435. The molecule has 0 aromatic carbocycles. The third kappa shape index (κ3) is 4.56. The van der Waals surface area contributed by atoms with Gasteiger partial charge in [-0.05, 0) is 56.4 Å². The summed E-state index contributed by atoms with van der Waals surface area (Å²) in [6, 6.07) is 9.38. The third-order valence-corrected chi connectivity index (χ3v) is 5.73. The van der Waals surface area contributed by atoms with Gasteiger partial charge in [-0.3, -0.25) is 4.98 Å². The Morgan fingerprint density at radius 3 is 2.72 bits per heavy atom. The van der Waals surface area contributed by atoms with Crippen molar-refractivity contribution in [1.82, 2.24) is 25.0 Å². The van der Waals surface area contributed by atoms with Crippen LogP contribution in [0.15, 0.2) is 36.5 Å². The topological polar surface area (TPSA) is 115 Å². The molecule has 0 saturated heterocycles. The number of carboxylic acids is 1. The molecule has 0 unspecified atom stereocenters. The van der Waals surface area contributed by atoms with E-state index >= 15 is 0 Å². The molecule has 0 radical (unpaired) electrons. The number of rotatable bonds is 8. The van der Waals surface area contributed by atoms with Gasteiger partial charge in [0.15, 0.2) is 11.5 Å². The van der Waals surface area contributed by atoms with Gasteiger partial charge in [0.25, 0.3) is 0 Å². The molecule has 3 heterocycles. The molecule has 1 fully saturated rings. The Morgan fingerprint density at radius 1 is 1.22 bits per heavy atom. The number of anilines is 2. The predicted octanol–water partition coefficient (Wildman–Crippen LogP) is 4.13. The van der Waals surface area contributed by atoms with Crippen LogP contribution in [-0.2, 0) is 18.3 Å². The van der Waals surface area contributed by atoms with Crippen LogP contribution in [0.4, 0.5) is 11.6 Å². The summed E-state index contributed by atoms with van der Waals surface area (Å²) < 4.78 is 7.57. The number of nitrogens with zero attached hydrogens (tertiary/aromatic N) is 5. The molecule has 0 spiro atoms. The van der Waals surface area contributed by atoms with Crippen molar-refractivity contribution in [2.75, 3.05) is 5.32 Å². The van der Waals surface area contributed by atoms with Gasteiger partial charge in [-0.1, -0.05) is 31.0 Å². The lowest BCUT2D eigenvalue weighted by Crippen LogP contribution is -2.46. The Bertz CT molecular complexity index is 1070. The Morgan fingerprint density at radius 2 is 2.03 bits per heavy atom. The van der Waals surface area contributed by atoms with E-state index < -0.39 is 11.6 Å². The van der Waals surface area contributed by atoms with E-state index in [1.165, 1.54) is 0 Å². The highest BCUT2D eigenvalue weighted by atomic mass is 16.5. The van der Waals surface area contributed by atoms with Gasteiger partial charge in [0.2, 0.25) is 5.60 Å². The van der Waals surface area contributed by atoms with E-state index in [0.717, 1.165) is 37.8 Å². The molecule has 32 heavy (non-hydrogen) atoms. The van der Waals surface area contributed by atoms with Gasteiger partial charge in [-0.25, -0.2) is 14.5 Å². The first kappa shape index (κ1) is 21.7. The van der Waals surface area contributed by atoms with Gasteiger partial charge in [0.1, 0.15) is 11.6 Å². The van der Waals surface area contributed by atoms with E-state index in [1.807, 2.05) is 18.2 Å². The molecule has 3 aromatic rings. The highest BCUT2D eigenvalue weighted by Crippen LogP contribution is 2.34. The van der Waals surface area contributed by atoms with Crippen LogP contribution in [0.1, 0.15) is 51.1 Å². The van der Waals surface area contributed by atoms with Crippen LogP contribution >= 0.6 is 0 Å². The van der Waals surface area contributed by atoms with Crippen LogP contribution in [0.2, 0.25) is 0 Å². The second-order valence-corrected chi connectivity index (χ2v) is 8.14. The number of hydrogen-bond donors (Lipinski definition) is 2. The number of ether oxygens (including phenoxy) is 1. The minimum absolute atomic E-state index is 0.436. The number of carbonyl (C=O) groups is 1. The summed E-state index contributed by atoms with van der Waals surface area (Å²) in [5.41, 5.74) is 1.03. The van der Waals surface area contributed by atoms with Gasteiger partial charge in [-0.15, -0.1) is 5.10 Å². The van der Waals surface area contributed by atoms with E-state index in [4.69, 9.17) is 4.74 Å². The normalized spacial score (nSPS) is 15.3. The fourth-order valence-electron chi connectivity index (χ4n) is 4.02. The quantitative estimate of drug-likeness (QED) is 0.541. The largest absolute Gasteiger partial charge is 0.478 e. The summed E-state index contributed by atoms with van der Waals surface area (Å²) in [6.45, 7) is 2.12. The molecule has 0 aliphatic heterocycles. The molecule has 1 aliphatic rings. The first-order chi connectivity index (χ1) is 15.5. The number of pyridine rings is 2. The summed E-state index contributed by atoms with van der Waals surface area (Å²) in [4.78, 5) is 21.0. The second kappa shape index (κ2) is 9.33. The van der Waals surface area contributed by atoms with Gasteiger partial charge in [0, 0.05) is 12.7 Å². The Balaban J connectivity index is 1.55. The summed E-state index contributed by atoms with van der Waals surface area (Å²) in [5.74, 6) is 0.898. The molecule has 1 aliphatic carbocycles. The smallest absolute Gasteiger partial charge is 0.348 e. The van der Waals surface area contributed by atoms with Crippen molar-refractivity contribution in [3.05, 3.63) is 42.2 Å². The van der Waals surface area contributed by atoms with E-state index in [-0.39, 0.29) is 0 Å². The van der Waals surface area contributed by atoms with E-state index in [9.17, 15) is 9.90 Å². The molecule has 0 atom stereocenters. The lowest BCUT2D eigenvalue weighted by molar-refractivity contribution is -0.158. The van der Waals surface area contributed by atoms with Gasteiger partial charge in [-0.2, -0.15) is 0 Å². The summed E-state index contributed by atoms with van der Waals surface area (Å²) in [5, 5.41) is 21.4. The van der Waals surface area contributed by atoms with E-state index in [1.54, 1.807) is 30.1 Å². The van der Waals surface area contributed by atoms with Crippen molar-refractivity contribution in [2.24, 2.45) is 7.05 Å². The molecule has 2 N–H and O–H groups in total. The van der Waals surface area contributed by atoms with Crippen LogP contribution in [0.5, 0.6) is 5.75 Å². The van der Waals surface area contributed by atoms with Crippen molar-refractivity contribution in [3.63, 3.8) is 0 Å². The zero-order valence-electron chi connectivity index (χ0n) is 18.4. The summed E-state index contributed by atoms with van der Waals surface area (Å²) in [6.07, 6.45) is 7.23. The van der Waals surface area contributed by atoms with Crippen LogP contribution in [0.25, 0.3) is 11.4 Å². The number of hydrogen-bond acceptors (Lipinski definition) is 7. The van der Waals surface area contributed by atoms with Crippen LogP contribution in [0, 0.1) is 0 Å². The van der Waals surface area contributed by atoms with Crippen molar-refractivity contribution in [1.29, 1.82) is 0 Å². The zero-order valence-corrected chi connectivity index (χ0v) is 18.4. The average Bonchev–Trinajstić information content (AvgIpc) is 3.15. The molecule has 0 bridgehead atoms. The third-order valence-electron chi connectivity index (χ3n) is 5.73. The molecule has 168 valence electrons. The second-order valence-electron chi connectivity index (χ2n) is 8.14. The maximum atomic E-state index is 11.9. The van der Waals surface area contributed by atoms with Gasteiger partial charge in [0.05, 0.1) is 11.9 Å². The average molecular weight is 437 g/mol. The van der Waals surface area contributed by atoms with Crippen LogP contribution in [0.3, 0.4) is 0 Å². The molecule has 9 heteroatoms. The van der Waals surface area contributed by atoms with Crippen molar-refractivity contribution in [3.8, 4) is 17.1 Å². The number of aromatic nitrogens is 5. The van der Waals surface area contributed by atoms with Crippen LogP contribution < -0.4 is 10.1 Å². The summed E-state index contributed by atoms with van der Waals surface area (Å²) >= 11 is 0. The SMILES string of the molecule is CCCc1cccc(Nc2c(-c3ccc(OC4(C(=O)O)CCCCC4)cn3)nnn2C)n1. The first-order valence-electron chi connectivity index (χ1n) is 11.0. The molecular weight excluding hydrogens is 408 g/mol. The van der Waals surface area contributed by atoms with Gasteiger partial charge < -0.3 is 15.2 Å². The molecule has 0 amide bonds. The lowest BCUT2D eigenvalue weighted by Gasteiger charge is -2.33. The Kier molecular flexibility index (Phi) is 6.34. The van der Waals surface area contributed by atoms with Crippen LogP contribution in [-0.4, -0.2) is 41.6 Å². The van der Waals surface area contributed by atoms with E-state index in [2.05, 4.69) is 32.5 Å². The fourth-order valence-corrected chi connectivity index (χ4v) is 4.02. The highest BCUT2D eigenvalue weighted by Gasteiger charge is 2.42. The minimum Gasteiger partial charge on any atom is -0.478 e. The number of carboxylic acid groups (broad SMARTS) is 1. The highest BCUT2D eigenvalue weighted by molar-refractivity contribution is 5.78. The lowest BCUT2D eigenvalue weighted by atomic mass is 9.84. The predicted molar refractivity (Wildman–Crippen MR) is 120 cm³/mol. The monoisotopic (exact) mass is 436 g/mol. The maximum Gasteiger partial charge on any atom is 0.348 e. The van der Waals surface area contributed by atoms with E-state index in [0.29, 0.717) is 41.6 Å². The first-order valence-corrected chi connectivity index (χ1v) is 11.0. The number of nitrogens with one attached hydrogen (secondary N) is 1. The van der Waals surface area contributed by atoms with Gasteiger partial charge >= 0.3 is 5.97 Å². The molecule has 4 rings (SSSR count). The molecule has 3 aromatic heterocycles. The van der Waals surface area contributed by atoms with Crippen molar-refractivity contribution >= 4 is 17.6 Å². The maximum absolute atomic E-state index is 11.9. The summed E-state index contributed by atoms with van der Waals surface area (Å²) in [7, 11) is 1.80. The molecule has 9 nitrogen and oxygen atoms in total. The molecular formula is C23H28N6O3. The number of aliphatic carboxylic acids is 1. The van der Waals surface area contributed by atoms with Crippen molar-refractivity contribution in [2.45, 2.75) is 57.5 Å². The van der Waals surface area contributed by atoms with Crippen molar-refractivity contribution < 1.29 is 14.6 Å². The molecule has 1 saturated carbocycles. The number of aryl methyl sites for hydroxylation is 2. The minimum atomic E-state index is -1.17. The zero-order chi connectivity index (χ0) is 22.6.